The van der Waals surface area contributed by atoms with Crippen LogP contribution in [-0.2, 0) is 22.6 Å². The fourth-order valence-corrected chi connectivity index (χ4v) is 5.27. The number of hydrogen-bond donors (Lipinski definition) is 0. The van der Waals surface area contributed by atoms with E-state index in [0.29, 0.717) is 26.1 Å². The van der Waals surface area contributed by atoms with Gasteiger partial charge >= 0.3 is 0 Å². The smallest absolute Gasteiger partial charge is 0.245 e. The standard InChI is InChI=1S/C24H31N3O4S/c1-30-19-7-8-22(31-2)18(15-19)17-25-10-12-26(13-11-25)24(29)21-6-3-9-27(21)23(28)16-20-5-4-14-32-20/h4-5,7-8,14-15,21H,3,6,9-13,16-17H2,1-2H3. The molecule has 2 aliphatic heterocycles. The van der Waals surface area contributed by atoms with Gasteiger partial charge in [-0.25, -0.2) is 0 Å². The van der Waals surface area contributed by atoms with Crippen molar-refractivity contribution in [3.63, 3.8) is 0 Å². The van der Waals surface area contributed by atoms with E-state index in [1.54, 1.807) is 30.5 Å². The van der Waals surface area contributed by atoms with Gasteiger partial charge in [-0.05, 0) is 42.5 Å². The van der Waals surface area contributed by atoms with Crippen molar-refractivity contribution in [2.45, 2.75) is 31.8 Å². The Morgan fingerprint density at radius 1 is 1.06 bits per heavy atom. The summed E-state index contributed by atoms with van der Waals surface area (Å²) >= 11 is 1.59. The highest BCUT2D eigenvalue weighted by Gasteiger charge is 2.37. The van der Waals surface area contributed by atoms with E-state index in [2.05, 4.69) is 4.90 Å². The summed E-state index contributed by atoms with van der Waals surface area (Å²) in [7, 11) is 3.34. The molecule has 0 spiro atoms. The lowest BCUT2D eigenvalue weighted by Gasteiger charge is -2.37. The predicted molar refractivity (Wildman–Crippen MR) is 124 cm³/mol. The fourth-order valence-electron chi connectivity index (χ4n) is 4.57. The van der Waals surface area contributed by atoms with Crippen LogP contribution in [0.5, 0.6) is 11.5 Å². The molecule has 8 heteroatoms. The molecule has 2 aliphatic rings. The van der Waals surface area contributed by atoms with E-state index in [0.717, 1.165) is 54.4 Å². The van der Waals surface area contributed by atoms with Crippen LogP contribution in [0, 0.1) is 0 Å². The summed E-state index contributed by atoms with van der Waals surface area (Å²) in [6.07, 6.45) is 2.04. The number of hydrogen-bond acceptors (Lipinski definition) is 6. The van der Waals surface area contributed by atoms with E-state index in [-0.39, 0.29) is 17.9 Å². The Balaban J connectivity index is 1.33. The van der Waals surface area contributed by atoms with Gasteiger partial charge in [0, 0.05) is 49.7 Å². The largest absolute Gasteiger partial charge is 0.497 e. The second-order valence-electron chi connectivity index (χ2n) is 8.28. The van der Waals surface area contributed by atoms with E-state index in [4.69, 9.17) is 9.47 Å². The average molecular weight is 458 g/mol. The first kappa shape index (κ1) is 22.6. The number of likely N-dealkylation sites (tertiary alicyclic amines) is 1. The minimum Gasteiger partial charge on any atom is -0.497 e. The van der Waals surface area contributed by atoms with Crippen molar-refractivity contribution in [1.29, 1.82) is 0 Å². The molecule has 1 atom stereocenters. The van der Waals surface area contributed by atoms with Gasteiger partial charge in [-0.3, -0.25) is 14.5 Å². The molecule has 1 unspecified atom stereocenters. The molecule has 32 heavy (non-hydrogen) atoms. The van der Waals surface area contributed by atoms with Gasteiger partial charge in [0.15, 0.2) is 0 Å². The number of ether oxygens (including phenoxy) is 2. The number of rotatable bonds is 7. The number of carbonyl (C=O) groups excluding carboxylic acids is 2. The Morgan fingerprint density at radius 2 is 1.88 bits per heavy atom. The van der Waals surface area contributed by atoms with Gasteiger partial charge in [-0.2, -0.15) is 0 Å². The van der Waals surface area contributed by atoms with Gasteiger partial charge in [-0.15, -0.1) is 11.3 Å². The highest BCUT2D eigenvalue weighted by molar-refractivity contribution is 7.10. The maximum Gasteiger partial charge on any atom is 0.245 e. The van der Waals surface area contributed by atoms with Crippen molar-refractivity contribution in [2.24, 2.45) is 0 Å². The molecule has 3 heterocycles. The summed E-state index contributed by atoms with van der Waals surface area (Å²) in [4.78, 5) is 33.2. The van der Waals surface area contributed by atoms with Gasteiger partial charge in [0.05, 0.1) is 20.6 Å². The predicted octanol–water partition coefficient (Wildman–Crippen LogP) is 2.64. The van der Waals surface area contributed by atoms with Crippen LogP contribution in [0.25, 0.3) is 0 Å². The minimum absolute atomic E-state index is 0.0621. The van der Waals surface area contributed by atoms with Crippen molar-refractivity contribution in [2.75, 3.05) is 46.9 Å². The molecular formula is C24H31N3O4S. The Bertz CT molecular complexity index is 925. The van der Waals surface area contributed by atoms with Gasteiger partial charge in [-0.1, -0.05) is 6.07 Å². The van der Waals surface area contributed by atoms with Crippen molar-refractivity contribution < 1.29 is 19.1 Å². The summed E-state index contributed by atoms with van der Waals surface area (Å²) in [5, 5.41) is 1.98. The van der Waals surface area contributed by atoms with E-state index in [9.17, 15) is 9.59 Å². The molecule has 0 bridgehead atoms. The molecule has 2 saturated heterocycles. The van der Waals surface area contributed by atoms with Gasteiger partial charge in [0.25, 0.3) is 0 Å². The molecule has 0 aliphatic carbocycles. The normalized spacial score (nSPS) is 19.2. The van der Waals surface area contributed by atoms with E-state index >= 15 is 0 Å². The van der Waals surface area contributed by atoms with E-state index in [1.807, 2.05) is 40.6 Å². The van der Waals surface area contributed by atoms with Crippen molar-refractivity contribution in [3.05, 3.63) is 46.2 Å². The lowest BCUT2D eigenvalue weighted by Crippen LogP contribution is -2.54. The zero-order valence-electron chi connectivity index (χ0n) is 18.8. The number of piperazine rings is 1. The molecule has 1 aromatic heterocycles. The maximum atomic E-state index is 13.2. The molecule has 1 aromatic carbocycles. The monoisotopic (exact) mass is 457 g/mol. The fraction of sp³-hybridized carbons (Fsp3) is 0.500. The van der Waals surface area contributed by atoms with Crippen LogP contribution in [0.2, 0.25) is 0 Å². The number of thiophene rings is 1. The second-order valence-corrected chi connectivity index (χ2v) is 9.31. The van der Waals surface area contributed by atoms with Crippen LogP contribution in [0.1, 0.15) is 23.3 Å². The molecule has 7 nitrogen and oxygen atoms in total. The second kappa shape index (κ2) is 10.4. The third kappa shape index (κ3) is 5.07. The highest BCUT2D eigenvalue weighted by Crippen LogP contribution is 2.26. The first-order chi connectivity index (χ1) is 15.6. The van der Waals surface area contributed by atoms with Gasteiger partial charge in [0.1, 0.15) is 17.5 Å². The summed E-state index contributed by atoms with van der Waals surface area (Å²) in [6, 6.07) is 9.45. The van der Waals surface area contributed by atoms with Crippen LogP contribution in [0.15, 0.2) is 35.7 Å². The zero-order valence-corrected chi connectivity index (χ0v) is 19.6. The quantitative estimate of drug-likeness (QED) is 0.640. The van der Waals surface area contributed by atoms with Crippen molar-refractivity contribution in [3.8, 4) is 11.5 Å². The number of carbonyl (C=O) groups is 2. The number of benzene rings is 1. The minimum atomic E-state index is -0.313. The third-order valence-electron chi connectivity index (χ3n) is 6.33. The SMILES string of the molecule is COc1ccc(OC)c(CN2CCN(C(=O)C3CCCN3C(=O)Cc3cccs3)CC2)c1. The topological polar surface area (TPSA) is 62.3 Å². The number of methoxy groups -OCH3 is 2. The number of nitrogens with zero attached hydrogens (tertiary/aromatic N) is 3. The maximum absolute atomic E-state index is 13.2. The Labute approximate surface area is 193 Å². The molecule has 0 radical (unpaired) electrons. The third-order valence-corrected chi connectivity index (χ3v) is 7.21. The summed E-state index contributed by atoms with van der Waals surface area (Å²) in [5.74, 6) is 1.81. The first-order valence-corrected chi connectivity index (χ1v) is 12.0. The van der Waals surface area contributed by atoms with E-state index < -0.39 is 0 Å². The lowest BCUT2D eigenvalue weighted by atomic mass is 10.1. The molecule has 4 rings (SSSR count). The molecule has 2 fully saturated rings. The zero-order chi connectivity index (χ0) is 22.5. The van der Waals surface area contributed by atoms with E-state index in [1.165, 1.54) is 0 Å². The molecule has 0 saturated carbocycles. The Hall–Kier alpha value is -2.58. The van der Waals surface area contributed by atoms with Crippen LogP contribution < -0.4 is 9.47 Å². The van der Waals surface area contributed by atoms with Gasteiger partial charge < -0.3 is 19.3 Å². The Kier molecular flexibility index (Phi) is 7.32. The van der Waals surface area contributed by atoms with Crippen molar-refractivity contribution in [1.82, 2.24) is 14.7 Å². The molecule has 2 amide bonds. The van der Waals surface area contributed by atoms with Gasteiger partial charge in [0.2, 0.25) is 11.8 Å². The molecule has 2 aromatic rings. The van der Waals surface area contributed by atoms with Crippen LogP contribution >= 0.6 is 11.3 Å². The lowest BCUT2D eigenvalue weighted by molar-refractivity contribution is -0.144. The van der Waals surface area contributed by atoms with Crippen LogP contribution in [-0.4, -0.2) is 79.5 Å². The molecule has 172 valence electrons. The van der Waals surface area contributed by atoms with Crippen molar-refractivity contribution >= 4 is 23.2 Å². The van der Waals surface area contributed by atoms with Crippen LogP contribution in [0.3, 0.4) is 0 Å². The molecular weight excluding hydrogens is 426 g/mol. The van der Waals surface area contributed by atoms with Crippen LogP contribution in [0.4, 0.5) is 0 Å². The summed E-state index contributed by atoms with van der Waals surface area (Å²) in [5.41, 5.74) is 1.08. The summed E-state index contributed by atoms with van der Waals surface area (Å²) in [6.45, 7) is 4.36. The average Bonchev–Trinajstić information content (AvgIpc) is 3.51. The Morgan fingerprint density at radius 3 is 2.56 bits per heavy atom. The number of amides is 2. The summed E-state index contributed by atoms with van der Waals surface area (Å²) < 4.78 is 10.9. The highest BCUT2D eigenvalue weighted by atomic mass is 32.1. The molecule has 0 N–H and O–H groups in total. The first-order valence-electron chi connectivity index (χ1n) is 11.1.